The topological polar surface area (TPSA) is 42.4 Å². The maximum atomic E-state index is 10.3. The van der Waals surface area contributed by atoms with Gasteiger partial charge in [-0.15, -0.1) is 0 Å². The van der Waals surface area contributed by atoms with Gasteiger partial charge in [0.15, 0.2) is 0 Å². The van der Waals surface area contributed by atoms with Crippen molar-refractivity contribution in [1.29, 1.82) is 0 Å². The van der Waals surface area contributed by atoms with E-state index in [0.717, 1.165) is 23.1 Å². The molecular weight excluding hydrogens is 246 g/mol. The minimum absolute atomic E-state index is 0.631. The van der Waals surface area contributed by atoms with Gasteiger partial charge >= 0.3 is 0 Å². The van der Waals surface area contributed by atoms with E-state index >= 15 is 0 Å². The van der Waals surface area contributed by atoms with Crippen LogP contribution in [-0.4, -0.2) is 16.7 Å². The summed E-state index contributed by atoms with van der Waals surface area (Å²) in [6.45, 7) is 4.72. The normalized spacial score (nSPS) is 12.4. The molecule has 4 heteroatoms. The second-order valence-corrected chi connectivity index (χ2v) is 4.96. The molecule has 2 aromatic heterocycles. The van der Waals surface area contributed by atoms with E-state index in [-0.39, 0.29) is 0 Å². The van der Waals surface area contributed by atoms with E-state index in [1.807, 2.05) is 23.8 Å². The molecule has 0 saturated carbocycles. The Morgan fingerprint density at radius 1 is 1.39 bits per heavy atom. The van der Waals surface area contributed by atoms with Crippen molar-refractivity contribution >= 4 is 11.3 Å². The van der Waals surface area contributed by atoms with Crippen molar-refractivity contribution in [3.05, 3.63) is 45.9 Å². The highest BCUT2D eigenvalue weighted by molar-refractivity contribution is 7.08. The number of thiophene rings is 1. The highest BCUT2D eigenvalue weighted by Gasteiger charge is 2.14. The molecule has 0 spiro atoms. The standard InChI is InChI=1S/C14H17NO2S/c1-3-4-17-12-5-11(6-15-7-12)14(16)13-9-18-8-10(13)2/h5-9,14,16H,3-4H2,1-2H3. The molecule has 96 valence electrons. The molecule has 0 fully saturated rings. The molecule has 1 N–H and O–H groups in total. The number of hydrogen-bond acceptors (Lipinski definition) is 4. The van der Waals surface area contributed by atoms with Crippen LogP contribution in [-0.2, 0) is 0 Å². The molecule has 0 aliphatic heterocycles. The minimum Gasteiger partial charge on any atom is -0.492 e. The van der Waals surface area contributed by atoms with Gasteiger partial charge in [-0.2, -0.15) is 11.3 Å². The van der Waals surface area contributed by atoms with Gasteiger partial charge in [0, 0.05) is 11.8 Å². The van der Waals surface area contributed by atoms with Crippen LogP contribution in [0, 0.1) is 6.92 Å². The maximum absolute atomic E-state index is 10.3. The van der Waals surface area contributed by atoms with Crippen LogP contribution in [0.5, 0.6) is 5.75 Å². The van der Waals surface area contributed by atoms with Crippen LogP contribution in [0.15, 0.2) is 29.2 Å². The second kappa shape index (κ2) is 5.98. The molecule has 2 rings (SSSR count). The van der Waals surface area contributed by atoms with E-state index < -0.39 is 6.10 Å². The maximum Gasteiger partial charge on any atom is 0.137 e. The lowest BCUT2D eigenvalue weighted by Crippen LogP contribution is -2.02. The summed E-state index contributed by atoms with van der Waals surface area (Å²) in [5.41, 5.74) is 2.81. The third-order valence-corrected chi connectivity index (χ3v) is 3.59. The molecule has 0 bridgehead atoms. The largest absolute Gasteiger partial charge is 0.492 e. The number of aliphatic hydroxyl groups excluding tert-OH is 1. The summed E-state index contributed by atoms with van der Waals surface area (Å²) in [5.74, 6) is 0.710. The molecule has 0 aromatic carbocycles. The first kappa shape index (κ1) is 13.1. The van der Waals surface area contributed by atoms with Crippen LogP contribution >= 0.6 is 11.3 Å². The lowest BCUT2D eigenvalue weighted by atomic mass is 10.0. The average Bonchev–Trinajstić information content (AvgIpc) is 2.82. The Kier molecular flexibility index (Phi) is 4.33. The van der Waals surface area contributed by atoms with Gasteiger partial charge in [0.05, 0.1) is 12.8 Å². The number of nitrogens with zero attached hydrogens (tertiary/aromatic N) is 1. The summed E-state index contributed by atoms with van der Waals surface area (Å²) in [6.07, 6.45) is 3.68. The Morgan fingerprint density at radius 2 is 2.22 bits per heavy atom. The summed E-state index contributed by atoms with van der Waals surface area (Å²) >= 11 is 1.60. The van der Waals surface area contributed by atoms with E-state index in [1.165, 1.54) is 0 Å². The molecule has 1 unspecified atom stereocenters. The number of aromatic nitrogens is 1. The Morgan fingerprint density at radius 3 is 2.89 bits per heavy atom. The summed E-state index contributed by atoms with van der Waals surface area (Å²) in [5, 5.41) is 14.3. The predicted molar refractivity (Wildman–Crippen MR) is 73.1 cm³/mol. The number of hydrogen-bond donors (Lipinski definition) is 1. The average molecular weight is 263 g/mol. The van der Waals surface area contributed by atoms with Crippen LogP contribution in [0.4, 0.5) is 0 Å². The van der Waals surface area contributed by atoms with Crippen LogP contribution in [0.3, 0.4) is 0 Å². The molecule has 2 heterocycles. The summed E-state index contributed by atoms with van der Waals surface area (Å²) in [4.78, 5) is 4.12. The Labute approximate surface area is 111 Å². The van der Waals surface area contributed by atoms with Crippen molar-refractivity contribution in [2.24, 2.45) is 0 Å². The van der Waals surface area contributed by atoms with Gasteiger partial charge < -0.3 is 9.84 Å². The Bertz CT molecular complexity index is 510. The molecule has 18 heavy (non-hydrogen) atoms. The predicted octanol–water partition coefficient (Wildman–Crippen LogP) is 3.32. The van der Waals surface area contributed by atoms with E-state index in [0.29, 0.717) is 12.4 Å². The van der Waals surface area contributed by atoms with Gasteiger partial charge in [0.1, 0.15) is 11.9 Å². The molecular formula is C14H17NO2S. The van der Waals surface area contributed by atoms with Crippen LogP contribution in [0.2, 0.25) is 0 Å². The SMILES string of the molecule is CCCOc1cncc(C(O)c2cscc2C)c1. The molecule has 0 aliphatic carbocycles. The molecule has 2 aromatic rings. The van der Waals surface area contributed by atoms with Gasteiger partial charge in [-0.05, 0) is 41.3 Å². The molecule has 3 nitrogen and oxygen atoms in total. The third-order valence-electron chi connectivity index (χ3n) is 2.71. The lowest BCUT2D eigenvalue weighted by molar-refractivity contribution is 0.218. The molecule has 0 aliphatic rings. The van der Waals surface area contributed by atoms with Crippen molar-refractivity contribution in [2.75, 3.05) is 6.61 Å². The van der Waals surface area contributed by atoms with E-state index in [2.05, 4.69) is 11.9 Å². The van der Waals surface area contributed by atoms with Crippen LogP contribution in [0.1, 0.15) is 36.1 Å². The quantitative estimate of drug-likeness (QED) is 0.899. The third kappa shape index (κ3) is 2.89. The van der Waals surface area contributed by atoms with Gasteiger partial charge in [0.2, 0.25) is 0 Å². The second-order valence-electron chi connectivity index (χ2n) is 4.22. The van der Waals surface area contributed by atoms with E-state index in [9.17, 15) is 5.11 Å². The van der Waals surface area contributed by atoms with Crippen molar-refractivity contribution in [3.8, 4) is 5.75 Å². The zero-order valence-corrected chi connectivity index (χ0v) is 11.4. The number of pyridine rings is 1. The fraction of sp³-hybridized carbons (Fsp3) is 0.357. The molecule has 1 atom stereocenters. The first-order chi connectivity index (χ1) is 8.72. The first-order valence-electron chi connectivity index (χ1n) is 6.01. The Balaban J connectivity index is 2.20. The van der Waals surface area contributed by atoms with Crippen molar-refractivity contribution < 1.29 is 9.84 Å². The van der Waals surface area contributed by atoms with Crippen molar-refractivity contribution in [2.45, 2.75) is 26.4 Å². The lowest BCUT2D eigenvalue weighted by Gasteiger charge is -2.12. The van der Waals surface area contributed by atoms with E-state index in [1.54, 1.807) is 23.7 Å². The van der Waals surface area contributed by atoms with Gasteiger partial charge in [-0.1, -0.05) is 6.92 Å². The summed E-state index contributed by atoms with van der Waals surface area (Å²) in [6, 6.07) is 1.85. The first-order valence-corrected chi connectivity index (χ1v) is 6.95. The smallest absolute Gasteiger partial charge is 0.137 e. The summed E-state index contributed by atoms with van der Waals surface area (Å²) < 4.78 is 5.52. The molecule has 0 radical (unpaired) electrons. The van der Waals surface area contributed by atoms with Crippen LogP contribution < -0.4 is 4.74 Å². The highest BCUT2D eigenvalue weighted by atomic mass is 32.1. The number of ether oxygens (including phenoxy) is 1. The van der Waals surface area contributed by atoms with Gasteiger partial charge in [-0.3, -0.25) is 4.98 Å². The molecule has 0 saturated heterocycles. The molecule has 0 amide bonds. The number of aryl methyl sites for hydroxylation is 1. The van der Waals surface area contributed by atoms with Gasteiger partial charge in [-0.25, -0.2) is 0 Å². The Hall–Kier alpha value is -1.39. The highest BCUT2D eigenvalue weighted by Crippen LogP contribution is 2.28. The summed E-state index contributed by atoms with van der Waals surface area (Å²) in [7, 11) is 0. The van der Waals surface area contributed by atoms with Gasteiger partial charge in [0.25, 0.3) is 0 Å². The number of rotatable bonds is 5. The van der Waals surface area contributed by atoms with E-state index in [4.69, 9.17) is 4.74 Å². The fourth-order valence-corrected chi connectivity index (χ4v) is 2.58. The minimum atomic E-state index is -0.631. The van der Waals surface area contributed by atoms with Crippen molar-refractivity contribution in [3.63, 3.8) is 0 Å². The zero-order valence-electron chi connectivity index (χ0n) is 10.6. The monoisotopic (exact) mass is 263 g/mol. The zero-order chi connectivity index (χ0) is 13.0. The fourth-order valence-electron chi connectivity index (χ4n) is 1.71. The van der Waals surface area contributed by atoms with Crippen molar-refractivity contribution in [1.82, 2.24) is 4.98 Å². The van der Waals surface area contributed by atoms with Crippen LogP contribution in [0.25, 0.3) is 0 Å². The number of aliphatic hydroxyl groups is 1.